The Hall–Kier alpha value is -2.83. The number of ether oxygens (including phenoxy) is 2. The molecule has 0 atom stereocenters. The first-order chi connectivity index (χ1) is 17.0. The Labute approximate surface area is 211 Å². The molecule has 35 heavy (non-hydrogen) atoms. The third-order valence-corrected chi connectivity index (χ3v) is 7.64. The van der Waals surface area contributed by atoms with Crippen molar-refractivity contribution >= 4 is 17.5 Å². The van der Waals surface area contributed by atoms with Crippen LogP contribution >= 0.6 is 11.6 Å². The van der Waals surface area contributed by atoms with E-state index in [-0.39, 0.29) is 11.3 Å². The Morgan fingerprint density at radius 3 is 2.60 bits per heavy atom. The van der Waals surface area contributed by atoms with E-state index in [4.69, 9.17) is 21.1 Å². The Bertz CT molecular complexity index is 1190. The molecule has 3 aromatic rings. The van der Waals surface area contributed by atoms with Gasteiger partial charge in [0, 0.05) is 36.1 Å². The second-order valence-electron chi connectivity index (χ2n) is 9.60. The Kier molecular flexibility index (Phi) is 6.85. The second kappa shape index (κ2) is 10.0. The number of hydrogen-bond acceptors (Lipinski definition) is 4. The van der Waals surface area contributed by atoms with Crippen LogP contribution in [0.2, 0.25) is 5.02 Å². The molecule has 1 N–H and O–H groups in total. The van der Waals surface area contributed by atoms with Gasteiger partial charge < -0.3 is 14.8 Å². The summed E-state index contributed by atoms with van der Waals surface area (Å²) in [5, 5.41) is 8.55. The number of aryl methyl sites for hydroxylation is 1. The fourth-order valence-corrected chi connectivity index (χ4v) is 5.12. The molecule has 2 aliphatic rings. The van der Waals surface area contributed by atoms with Gasteiger partial charge in [0.05, 0.1) is 29.7 Å². The smallest absolute Gasteiger partial charge is 0.254 e. The van der Waals surface area contributed by atoms with Gasteiger partial charge in [-0.25, -0.2) is 4.68 Å². The van der Waals surface area contributed by atoms with Crippen molar-refractivity contribution in [2.75, 3.05) is 26.4 Å². The number of amides is 1. The third kappa shape index (κ3) is 4.95. The predicted octanol–water partition coefficient (Wildman–Crippen LogP) is 5.59. The molecule has 2 aromatic carbocycles. The highest BCUT2D eigenvalue weighted by molar-refractivity contribution is 6.31. The van der Waals surface area contributed by atoms with E-state index in [1.54, 1.807) is 6.20 Å². The molecule has 5 rings (SSSR count). The number of carbonyl (C=O) groups excluding carboxylic acids is 1. The zero-order valence-corrected chi connectivity index (χ0v) is 21.1. The molecular formula is C28H32ClN3O3. The highest BCUT2D eigenvalue weighted by atomic mass is 35.5. The number of benzene rings is 2. The Morgan fingerprint density at radius 1 is 1.20 bits per heavy atom. The lowest BCUT2D eigenvalue weighted by Crippen LogP contribution is -2.44. The van der Waals surface area contributed by atoms with Crippen LogP contribution in [-0.4, -0.2) is 42.1 Å². The van der Waals surface area contributed by atoms with Gasteiger partial charge in [0.1, 0.15) is 5.75 Å². The fourth-order valence-electron chi connectivity index (χ4n) is 4.95. The van der Waals surface area contributed by atoms with Crippen molar-refractivity contribution in [2.45, 2.75) is 50.9 Å². The van der Waals surface area contributed by atoms with Crippen molar-refractivity contribution in [1.82, 2.24) is 15.1 Å². The molecule has 2 fully saturated rings. The number of hydrogen-bond donors (Lipinski definition) is 1. The van der Waals surface area contributed by atoms with E-state index in [0.29, 0.717) is 42.9 Å². The molecule has 2 heterocycles. The molecule has 1 amide bonds. The van der Waals surface area contributed by atoms with E-state index in [1.165, 1.54) is 5.56 Å². The lowest BCUT2D eigenvalue weighted by Gasteiger charge is -2.38. The quantitative estimate of drug-likeness (QED) is 0.444. The van der Waals surface area contributed by atoms with E-state index in [0.717, 1.165) is 48.4 Å². The van der Waals surface area contributed by atoms with Crippen molar-refractivity contribution in [3.8, 4) is 11.4 Å². The largest absolute Gasteiger partial charge is 0.494 e. The summed E-state index contributed by atoms with van der Waals surface area (Å²) in [5.41, 5.74) is 4.57. The molecule has 1 aliphatic heterocycles. The Morgan fingerprint density at radius 2 is 1.94 bits per heavy atom. The van der Waals surface area contributed by atoms with Crippen molar-refractivity contribution < 1.29 is 14.3 Å². The molecule has 184 valence electrons. The van der Waals surface area contributed by atoms with Gasteiger partial charge in [-0.1, -0.05) is 29.8 Å². The number of carbonyl (C=O) groups is 1. The maximum absolute atomic E-state index is 13.5. The number of nitrogens with one attached hydrogen (secondary N) is 1. The fraction of sp³-hybridized carbons (Fsp3) is 0.429. The van der Waals surface area contributed by atoms with Gasteiger partial charge in [-0.3, -0.25) is 4.79 Å². The van der Waals surface area contributed by atoms with Crippen molar-refractivity contribution in [3.05, 3.63) is 76.1 Å². The first-order valence-corrected chi connectivity index (χ1v) is 12.8. The molecule has 0 bridgehead atoms. The molecule has 7 heteroatoms. The van der Waals surface area contributed by atoms with Crippen LogP contribution < -0.4 is 10.1 Å². The number of nitrogens with zero attached hydrogens (tertiary/aromatic N) is 2. The van der Waals surface area contributed by atoms with E-state index < -0.39 is 0 Å². The minimum Gasteiger partial charge on any atom is -0.494 e. The summed E-state index contributed by atoms with van der Waals surface area (Å²) in [6.45, 7) is 6.52. The first kappa shape index (κ1) is 23.9. The molecule has 1 saturated carbocycles. The van der Waals surface area contributed by atoms with Gasteiger partial charge in [-0.2, -0.15) is 5.10 Å². The molecular weight excluding hydrogens is 462 g/mol. The van der Waals surface area contributed by atoms with Crippen LogP contribution in [0, 0.1) is 6.92 Å². The number of halogens is 1. The molecule has 1 aromatic heterocycles. The second-order valence-corrected chi connectivity index (χ2v) is 10.0. The van der Waals surface area contributed by atoms with E-state index >= 15 is 0 Å². The number of rotatable bonds is 8. The minimum atomic E-state index is -0.168. The van der Waals surface area contributed by atoms with Crippen LogP contribution in [0.4, 0.5) is 0 Å². The van der Waals surface area contributed by atoms with Crippen LogP contribution in [0.25, 0.3) is 5.69 Å². The van der Waals surface area contributed by atoms with E-state index in [9.17, 15) is 4.79 Å². The van der Waals surface area contributed by atoms with E-state index in [1.807, 2.05) is 48.9 Å². The monoisotopic (exact) mass is 493 g/mol. The number of aromatic nitrogens is 2. The predicted molar refractivity (Wildman–Crippen MR) is 137 cm³/mol. The lowest BCUT2D eigenvalue weighted by molar-refractivity contribution is 0.0487. The Balaban J connectivity index is 1.38. The maximum Gasteiger partial charge on any atom is 0.254 e. The van der Waals surface area contributed by atoms with Crippen LogP contribution in [-0.2, 0) is 10.2 Å². The SMILES string of the molecule is CCOc1ccc(C2(CNC(=O)c3cnn(-c4ccc(C)c(Cl)c4)c3C3CC3)CCOCC2)cc1. The molecule has 1 aliphatic carbocycles. The van der Waals surface area contributed by atoms with Crippen LogP contribution in [0.5, 0.6) is 5.75 Å². The summed E-state index contributed by atoms with van der Waals surface area (Å²) in [7, 11) is 0. The van der Waals surface area contributed by atoms with Crippen molar-refractivity contribution in [1.29, 1.82) is 0 Å². The van der Waals surface area contributed by atoms with Crippen LogP contribution in [0.3, 0.4) is 0 Å². The van der Waals surface area contributed by atoms with Crippen molar-refractivity contribution in [3.63, 3.8) is 0 Å². The van der Waals surface area contributed by atoms with E-state index in [2.05, 4.69) is 22.5 Å². The van der Waals surface area contributed by atoms with Gasteiger partial charge in [0.15, 0.2) is 0 Å². The van der Waals surface area contributed by atoms with Gasteiger partial charge >= 0.3 is 0 Å². The van der Waals surface area contributed by atoms with Gasteiger partial charge in [-0.05, 0) is 74.9 Å². The molecule has 0 unspecified atom stereocenters. The lowest BCUT2D eigenvalue weighted by atomic mass is 9.74. The van der Waals surface area contributed by atoms with Gasteiger partial charge in [0.25, 0.3) is 5.91 Å². The summed E-state index contributed by atoms with van der Waals surface area (Å²) in [4.78, 5) is 13.5. The highest BCUT2D eigenvalue weighted by Crippen LogP contribution is 2.43. The normalized spacial score (nSPS) is 17.2. The molecule has 0 radical (unpaired) electrons. The average molecular weight is 494 g/mol. The average Bonchev–Trinajstić information content (AvgIpc) is 3.63. The summed E-state index contributed by atoms with van der Waals surface area (Å²) in [6, 6.07) is 14.2. The van der Waals surface area contributed by atoms with Gasteiger partial charge in [0.2, 0.25) is 0 Å². The topological polar surface area (TPSA) is 65.4 Å². The molecule has 6 nitrogen and oxygen atoms in total. The minimum absolute atomic E-state index is 0.0758. The summed E-state index contributed by atoms with van der Waals surface area (Å²) in [5.74, 6) is 1.13. The van der Waals surface area contributed by atoms with Crippen LogP contribution in [0.15, 0.2) is 48.7 Å². The summed E-state index contributed by atoms with van der Waals surface area (Å²) >= 11 is 6.38. The van der Waals surface area contributed by atoms with Gasteiger partial charge in [-0.15, -0.1) is 0 Å². The van der Waals surface area contributed by atoms with Crippen molar-refractivity contribution in [2.24, 2.45) is 0 Å². The molecule has 0 spiro atoms. The maximum atomic E-state index is 13.5. The zero-order valence-electron chi connectivity index (χ0n) is 20.4. The highest BCUT2D eigenvalue weighted by Gasteiger charge is 2.37. The summed E-state index contributed by atoms with van der Waals surface area (Å²) < 4.78 is 13.2. The molecule has 1 saturated heterocycles. The summed E-state index contributed by atoms with van der Waals surface area (Å²) in [6.07, 6.45) is 5.55. The first-order valence-electron chi connectivity index (χ1n) is 12.4. The standard InChI is InChI=1S/C28H32ClN3O3/c1-3-35-23-10-7-21(8-11-23)28(12-14-34-15-13-28)18-30-27(33)24-17-31-32(26(24)20-5-6-20)22-9-4-19(2)25(29)16-22/h4,7-11,16-17,20H,3,5-6,12-15,18H2,1-2H3,(H,30,33). The van der Waals surface area contributed by atoms with Crippen LogP contribution in [0.1, 0.15) is 65.7 Å². The third-order valence-electron chi connectivity index (χ3n) is 7.23. The zero-order chi connectivity index (χ0) is 24.4.